The number of carbonyl (C=O) groups excluding carboxylic acids is 1. The predicted octanol–water partition coefficient (Wildman–Crippen LogP) is 5.68. The Morgan fingerprint density at radius 3 is 2.52 bits per heavy atom. The molecular weight excluding hydrogens is 284 g/mol. The number of carbonyl (C=O) groups is 1. The van der Waals surface area contributed by atoms with Crippen molar-refractivity contribution in [1.82, 2.24) is 0 Å². The fraction of sp³-hybridized carbons (Fsp3) is 0.381. The fourth-order valence-corrected chi connectivity index (χ4v) is 2.63. The highest BCUT2D eigenvalue weighted by atomic mass is 16.5. The molecule has 1 aromatic carbocycles. The monoisotopic (exact) mass is 310 g/mol. The Labute approximate surface area is 139 Å². The first-order valence-corrected chi connectivity index (χ1v) is 8.32. The number of allylic oxidation sites excluding steroid dienone is 4. The summed E-state index contributed by atoms with van der Waals surface area (Å²) >= 11 is 0. The van der Waals surface area contributed by atoms with E-state index in [1.165, 1.54) is 11.1 Å². The second-order valence-corrected chi connectivity index (χ2v) is 6.34. The summed E-state index contributed by atoms with van der Waals surface area (Å²) in [6, 6.07) is 9.88. The van der Waals surface area contributed by atoms with Crippen molar-refractivity contribution in [3.05, 3.63) is 70.8 Å². The van der Waals surface area contributed by atoms with E-state index in [-0.39, 0.29) is 12.1 Å². The molecule has 23 heavy (non-hydrogen) atoms. The molecule has 2 nitrogen and oxygen atoms in total. The van der Waals surface area contributed by atoms with Crippen LogP contribution in [0.5, 0.6) is 0 Å². The van der Waals surface area contributed by atoms with Gasteiger partial charge in [0, 0.05) is 5.57 Å². The highest BCUT2D eigenvalue weighted by Crippen LogP contribution is 2.29. The lowest BCUT2D eigenvalue weighted by molar-refractivity contribution is -0.140. The van der Waals surface area contributed by atoms with Gasteiger partial charge in [0.15, 0.2) is 0 Å². The maximum atomic E-state index is 12.0. The molecule has 0 N–H and O–H groups in total. The molecule has 1 aliphatic heterocycles. The Morgan fingerprint density at radius 2 is 1.83 bits per heavy atom. The number of ether oxygens (including phenoxy) is 1. The zero-order valence-corrected chi connectivity index (χ0v) is 14.3. The number of hydrogen-bond acceptors (Lipinski definition) is 2. The standard InChI is InChI=1S/C21H26O2/c1-16(2)9-7-10-17(3)11-8-14-19-15-20(23-21(19)22)18-12-5-4-6-13-18/h4-6,9,11-13,15,20H,7-8,10,14H2,1-3H3/b17-11+/t20-/m1/s1. The van der Waals surface area contributed by atoms with Crippen LogP contribution in [-0.2, 0) is 9.53 Å². The van der Waals surface area contributed by atoms with Crippen LogP contribution >= 0.6 is 0 Å². The molecule has 0 aromatic heterocycles. The van der Waals surface area contributed by atoms with Crippen LogP contribution < -0.4 is 0 Å². The van der Waals surface area contributed by atoms with E-state index in [1.807, 2.05) is 36.4 Å². The van der Waals surface area contributed by atoms with Gasteiger partial charge in [-0.15, -0.1) is 0 Å². The topological polar surface area (TPSA) is 26.3 Å². The first-order valence-electron chi connectivity index (χ1n) is 8.32. The first kappa shape index (κ1) is 17.3. The Kier molecular flexibility index (Phi) is 6.40. The van der Waals surface area contributed by atoms with E-state index in [0.717, 1.165) is 36.8 Å². The summed E-state index contributed by atoms with van der Waals surface area (Å²) < 4.78 is 5.45. The average Bonchev–Trinajstić information content (AvgIpc) is 2.89. The molecule has 1 heterocycles. The minimum absolute atomic E-state index is 0.172. The van der Waals surface area contributed by atoms with E-state index in [4.69, 9.17) is 4.74 Å². The van der Waals surface area contributed by atoms with Gasteiger partial charge in [0.05, 0.1) is 0 Å². The molecular formula is C21H26O2. The number of esters is 1. The van der Waals surface area contributed by atoms with Gasteiger partial charge in [0.2, 0.25) is 0 Å². The van der Waals surface area contributed by atoms with Gasteiger partial charge in [-0.2, -0.15) is 0 Å². The largest absolute Gasteiger partial charge is 0.450 e. The van der Waals surface area contributed by atoms with Crippen LogP contribution in [0.3, 0.4) is 0 Å². The SMILES string of the molecule is CC(C)=CCC/C(C)=C/CCC1=C[C@H](c2ccccc2)OC1=O. The maximum Gasteiger partial charge on any atom is 0.334 e. The molecule has 0 saturated carbocycles. The van der Waals surface area contributed by atoms with Crippen molar-refractivity contribution in [2.24, 2.45) is 0 Å². The second-order valence-electron chi connectivity index (χ2n) is 6.34. The van der Waals surface area contributed by atoms with Crippen LogP contribution in [0.2, 0.25) is 0 Å². The van der Waals surface area contributed by atoms with Crippen molar-refractivity contribution in [2.75, 3.05) is 0 Å². The van der Waals surface area contributed by atoms with Crippen LogP contribution in [0.1, 0.15) is 58.1 Å². The minimum Gasteiger partial charge on any atom is -0.450 e. The Hall–Kier alpha value is -2.09. The van der Waals surface area contributed by atoms with Crippen LogP contribution in [0.25, 0.3) is 0 Å². The summed E-state index contributed by atoms with van der Waals surface area (Å²) in [6.07, 6.45) is 10.1. The molecule has 1 atom stereocenters. The highest BCUT2D eigenvalue weighted by molar-refractivity contribution is 5.91. The van der Waals surface area contributed by atoms with Crippen molar-refractivity contribution >= 4 is 5.97 Å². The summed E-state index contributed by atoms with van der Waals surface area (Å²) in [6.45, 7) is 6.41. The molecule has 0 spiro atoms. The molecule has 0 saturated heterocycles. The molecule has 1 aliphatic rings. The lowest BCUT2D eigenvalue weighted by atomic mass is 10.0. The summed E-state index contributed by atoms with van der Waals surface area (Å²) in [5.74, 6) is -0.172. The average molecular weight is 310 g/mol. The molecule has 1 aromatic rings. The Balaban J connectivity index is 1.85. The van der Waals surface area contributed by atoms with E-state index in [2.05, 4.69) is 32.9 Å². The molecule has 0 radical (unpaired) electrons. The fourth-order valence-electron chi connectivity index (χ4n) is 2.63. The predicted molar refractivity (Wildman–Crippen MR) is 95.0 cm³/mol. The zero-order chi connectivity index (χ0) is 16.7. The summed E-state index contributed by atoms with van der Waals surface area (Å²) in [4.78, 5) is 12.0. The van der Waals surface area contributed by atoms with Crippen molar-refractivity contribution in [2.45, 2.75) is 52.6 Å². The summed E-state index contributed by atoms with van der Waals surface area (Å²) in [5.41, 5.74) is 4.58. The Morgan fingerprint density at radius 1 is 1.09 bits per heavy atom. The first-order chi connectivity index (χ1) is 11.1. The molecule has 0 bridgehead atoms. The molecule has 2 rings (SSSR count). The van der Waals surface area contributed by atoms with Crippen molar-refractivity contribution in [3.63, 3.8) is 0 Å². The van der Waals surface area contributed by atoms with Crippen molar-refractivity contribution in [3.8, 4) is 0 Å². The van der Waals surface area contributed by atoms with Crippen LogP contribution in [0.15, 0.2) is 65.3 Å². The molecule has 0 aliphatic carbocycles. The molecule has 122 valence electrons. The van der Waals surface area contributed by atoms with Crippen LogP contribution in [-0.4, -0.2) is 5.97 Å². The van der Waals surface area contributed by atoms with E-state index < -0.39 is 0 Å². The summed E-state index contributed by atoms with van der Waals surface area (Å²) in [7, 11) is 0. The quantitative estimate of drug-likeness (QED) is 0.478. The molecule has 0 fully saturated rings. The minimum atomic E-state index is -0.221. The zero-order valence-electron chi connectivity index (χ0n) is 14.3. The van der Waals surface area contributed by atoms with Gasteiger partial charge in [-0.05, 0) is 58.1 Å². The van der Waals surface area contributed by atoms with Crippen LogP contribution in [0.4, 0.5) is 0 Å². The lowest BCUT2D eigenvalue weighted by Crippen LogP contribution is -2.02. The second kappa shape index (κ2) is 8.52. The van der Waals surface area contributed by atoms with Gasteiger partial charge in [0.25, 0.3) is 0 Å². The van der Waals surface area contributed by atoms with Gasteiger partial charge in [-0.1, -0.05) is 53.6 Å². The number of cyclic esters (lactones) is 1. The highest BCUT2D eigenvalue weighted by Gasteiger charge is 2.25. The number of benzene rings is 1. The van der Waals surface area contributed by atoms with E-state index >= 15 is 0 Å². The van der Waals surface area contributed by atoms with Gasteiger partial charge < -0.3 is 4.74 Å². The van der Waals surface area contributed by atoms with E-state index in [1.54, 1.807) is 0 Å². The van der Waals surface area contributed by atoms with E-state index in [0.29, 0.717) is 0 Å². The van der Waals surface area contributed by atoms with Crippen molar-refractivity contribution in [1.29, 1.82) is 0 Å². The molecule has 0 unspecified atom stereocenters. The lowest BCUT2D eigenvalue weighted by Gasteiger charge is -2.07. The van der Waals surface area contributed by atoms with Crippen LogP contribution in [0, 0.1) is 0 Å². The normalized spacial score (nSPS) is 17.7. The third-order valence-corrected chi connectivity index (χ3v) is 3.97. The maximum absolute atomic E-state index is 12.0. The third kappa shape index (κ3) is 5.55. The molecule has 0 amide bonds. The van der Waals surface area contributed by atoms with Crippen molar-refractivity contribution < 1.29 is 9.53 Å². The van der Waals surface area contributed by atoms with Gasteiger partial charge >= 0.3 is 5.97 Å². The number of hydrogen-bond donors (Lipinski definition) is 0. The van der Waals surface area contributed by atoms with Gasteiger partial charge in [-0.25, -0.2) is 4.79 Å². The summed E-state index contributed by atoms with van der Waals surface area (Å²) in [5, 5.41) is 0. The smallest absolute Gasteiger partial charge is 0.334 e. The van der Waals surface area contributed by atoms with Gasteiger partial charge in [0.1, 0.15) is 6.10 Å². The van der Waals surface area contributed by atoms with Gasteiger partial charge in [-0.3, -0.25) is 0 Å². The number of rotatable bonds is 7. The van der Waals surface area contributed by atoms with E-state index in [9.17, 15) is 4.79 Å². The Bertz CT molecular complexity index is 617. The molecule has 2 heteroatoms. The third-order valence-electron chi connectivity index (χ3n) is 3.97.